The normalized spacial score (nSPS) is 17.6. The number of para-hydroxylation sites is 2. The Morgan fingerprint density at radius 1 is 1.10 bits per heavy atom. The number of carbonyl (C=O) groups is 1. The lowest BCUT2D eigenvalue weighted by atomic mass is 10.1. The molecule has 0 spiro atoms. The first-order chi connectivity index (χ1) is 14.5. The second kappa shape index (κ2) is 8.66. The summed E-state index contributed by atoms with van der Waals surface area (Å²) < 4.78 is 0. The molecule has 1 fully saturated rings. The van der Waals surface area contributed by atoms with Crippen molar-refractivity contribution < 1.29 is 4.79 Å². The van der Waals surface area contributed by atoms with E-state index in [2.05, 4.69) is 25.3 Å². The van der Waals surface area contributed by atoms with Crippen molar-refractivity contribution >= 4 is 46.0 Å². The van der Waals surface area contributed by atoms with Gasteiger partial charge in [-0.2, -0.15) is 5.10 Å². The molecule has 9 heteroatoms. The van der Waals surface area contributed by atoms with Crippen LogP contribution in [0, 0.1) is 0 Å². The summed E-state index contributed by atoms with van der Waals surface area (Å²) in [6.07, 6.45) is 2.34. The minimum atomic E-state index is 0.00343. The average Bonchev–Trinajstić information content (AvgIpc) is 2.77. The van der Waals surface area contributed by atoms with Gasteiger partial charge in [-0.3, -0.25) is 15.2 Å². The maximum atomic E-state index is 11.9. The maximum absolute atomic E-state index is 11.9. The van der Waals surface area contributed by atoms with E-state index in [-0.39, 0.29) is 5.91 Å². The van der Waals surface area contributed by atoms with Crippen LogP contribution >= 0.6 is 12.2 Å². The SMILES string of the molecule is CC(=O)N1CC/C(=N/NC(=S)N2CCN(c3ccccc3N)CC2)c2ncccc21. The quantitative estimate of drug-likeness (QED) is 0.433. The number of fused-ring (bicyclic) bond motifs is 1. The van der Waals surface area contributed by atoms with Crippen molar-refractivity contribution in [3.63, 3.8) is 0 Å². The highest BCUT2D eigenvalue weighted by molar-refractivity contribution is 7.80. The van der Waals surface area contributed by atoms with Gasteiger partial charge in [-0.15, -0.1) is 0 Å². The summed E-state index contributed by atoms with van der Waals surface area (Å²) in [5.41, 5.74) is 13.3. The summed E-state index contributed by atoms with van der Waals surface area (Å²) in [5, 5.41) is 5.13. The fraction of sp³-hybridized carbons (Fsp3) is 0.333. The Morgan fingerprint density at radius 3 is 2.57 bits per heavy atom. The third-order valence-electron chi connectivity index (χ3n) is 5.43. The molecule has 1 saturated heterocycles. The van der Waals surface area contributed by atoms with Crippen LogP contribution in [0.25, 0.3) is 0 Å². The Morgan fingerprint density at radius 2 is 1.83 bits per heavy atom. The van der Waals surface area contributed by atoms with Crippen LogP contribution in [-0.4, -0.2) is 59.3 Å². The monoisotopic (exact) mass is 423 g/mol. The number of carbonyl (C=O) groups excluding carboxylic acids is 1. The van der Waals surface area contributed by atoms with Crippen molar-refractivity contribution in [1.82, 2.24) is 15.3 Å². The zero-order valence-corrected chi connectivity index (χ0v) is 17.7. The van der Waals surface area contributed by atoms with Gasteiger partial charge in [0.25, 0.3) is 0 Å². The Hall–Kier alpha value is -3.20. The molecule has 3 heterocycles. The highest BCUT2D eigenvalue weighted by Gasteiger charge is 2.26. The smallest absolute Gasteiger partial charge is 0.223 e. The highest BCUT2D eigenvalue weighted by atomic mass is 32.1. The Kier molecular flexibility index (Phi) is 5.80. The molecule has 2 aliphatic rings. The molecule has 30 heavy (non-hydrogen) atoms. The number of hydrogen-bond acceptors (Lipinski definition) is 6. The summed E-state index contributed by atoms with van der Waals surface area (Å²) in [6.45, 7) is 5.40. The van der Waals surface area contributed by atoms with Crippen LogP contribution in [0.4, 0.5) is 17.1 Å². The number of hydrogen-bond donors (Lipinski definition) is 2. The number of benzene rings is 1. The number of rotatable bonds is 2. The molecule has 8 nitrogen and oxygen atoms in total. The van der Waals surface area contributed by atoms with Gasteiger partial charge in [0.15, 0.2) is 5.11 Å². The van der Waals surface area contributed by atoms with E-state index in [0.29, 0.717) is 18.1 Å². The number of pyridine rings is 1. The van der Waals surface area contributed by atoms with E-state index in [1.807, 2.05) is 36.4 Å². The predicted octanol–water partition coefficient (Wildman–Crippen LogP) is 1.82. The lowest BCUT2D eigenvalue weighted by Crippen LogP contribution is -2.51. The second-order valence-corrected chi connectivity index (χ2v) is 7.69. The number of piperazine rings is 1. The van der Waals surface area contributed by atoms with E-state index in [1.54, 1.807) is 18.0 Å². The van der Waals surface area contributed by atoms with Gasteiger partial charge in [0.2, 0.25) is 5.91 Å². The van der Waals surface area contributed by atoms with Crippen LogP contribution in [-0.2, 0) is 4.79 Å². The number of aromatic nitrogens is 1. The van der Waals surface area contributed by atoms with Crippen LogP contribution in [0.5, 0.6) is 0 Å². The van der Waals surface area contributed by atoms with Crippen molar-refractivity contribution in [2.24, 2.45) is 5.10 Å². The summed E-state index contributed by atoms with van der Waals surface area (Å²) in [7, 11) is 0. The third-order valence-corrected chi connectivity index (χ3v) is 5.78. The molecule has 2 aliphatic heterocycles. The van der Waals surface area contributed by atoms with E-state index in [0.717, 1.165) is 54.6 Å². The molecular weight excluding hydrogens is 398 g/mol. The second-order valence-electron chi connectivity index (χ2n) is 7.30. The number of thiocarbonyl (C=S) groups is 1. The number of nitrogens with zero attached hydrogens (tertiary/aromatic N) is 5. The number of nitrogens with two attached hydrogens (primary N) is 1. The summed E-state index contributed by atoms with van der Waals surface area (Å²) in [4.78, 5) is 22.4. The Bertz CT molecular complexity index is 985. The van der Waals surface area contributed by atoms with Crippen LogP contribution in [0.2, 0.25) is 0 Å². The zero-order chi connectivity index (χ0) is 21.1. The minimum Gasteiger partial charge on any atom is -0.397 e. The molecule has 1 aromatic carbocycles. The Balaban J connectivity index is 1.39. The number of hydrazone groups is 1. The molecule has 0 radical (unpaired) electrons. The van der Waals surface area contributed by atoms with Crippen molar-refractivity contribution in [1.29, 1.82) is 0 Å². The molecule has 2 aromatic rings. The number of nitrogen functional groups attached to an aromatic ring is 1. The number of amides is 1. The standard InChI is InChI=1S/C21H25N7OS/c1-15(29)28-10-8-17(20-19(28)7-4-9-23-20)24-25-21(30)27-13-11-26(12-14-27)18-6-3-2-5-16(18)22/h2-7,9H,8,10-14,22H2,1H3,(H,25,30)/b24-17-. The van der Waals surface area contributed by atoms with Crippen LogP contribution in [0.3, 0.4) is 0 Å². The molecule has 0 bridgehead atoms. The van der Waals surface area contributed by atoms with Gasteiger partial charge in [0.1, 0.15) is 5.69 Å². The molecule has 156 valence electrons. The van der Waals surface area contributed by atoms with Gasteiger partial charge in [0, 0.05) is 52.3 Å². The Labute approximate surface area is 181 Å². The average molecular weight is 424 g/mol. The van der Waals surface area contributed by atoms with Crippen molar-refractivity contribution in [3.05, 3.63) is 48.3 Å². The van der Waals surface area contributed by atoms with Gasteiger partial charge >= 0.3 is 0 Å². The van der Waals surface area contributed by atoms with Crippen LogP contribution < -0.4 is 21.0 Å². The maximum Gasteiger partial charge on any atom is 0.223 e. The fourth-order valence-corrected chi connectivity index (χ4v) is 4.07. The lowest BCUT2D eigenvalue weighted by Gasteiger charge is -2.37. The van der Waals surface area contributed by atoms with Crippen LogP contribution in [0.15, 0.2) is 47.7 Å². The van der Waals surface area contributed by atoms with E-state index < -0.39 is 0 Å². The molecule has 0 aliphatic carbocycles. The van der Waals surface area contributed by atoms with Crippen molar-refractivity contribution in [2.45, 2.75) is 13.3 Å². The van der Waals surface area contributed by atoms with E-state index in [1.165, 1.54) is 0 Å². The predicted molar refractivity (Wildman–Crippen MR) is 124 cm³/mol. The molecule has 1 amide bonds. The van der Waals surface area contributed by atoms with Gasteiger partial charge in [-0.05, 0) is 36.5 Å². The number of nitrogens with one attached hydrogen (secondary N) is 1. The summed E-state index contributed by atoms with van der Waals surface area (Å²) in [6, 6.07) is 11.6. The molecule has 0 atom stereocenters. The number of anilines is 3. The van der Waals surface area contributed by atoms with Gasteiger partial charge in [-0.1, -0.05) is 12.1 Å². The van der Waals surface area contributed by atoms with Crippen molar-refractivity contribution in [3.8, 4) is 0 Å². The molecule has 3 N–H and O–H groups in total. The van der Waals surface area contributed by atoms with Gasteiger partial charge in [-0.25, -0.2) is 0 Å². The third kappa shape index (κ3) is 4.06. The van der Waals surface area contributed by atoms with Crippen molar-refractivity contribution in [2.75, 3.05) is 48.3 Å². The summed E-state index contributed by atoms with van der Waals surface area (Å²) >= 11 is 5.57. The first kappa shape index (κ1) is 20.1. The van der Waals surface area contributed by atoms with E-state index >= 15 is 0 Å². The zero-order valence-electron chi connectivity index (χ0n) is 16.9. The minimum absolute atomic E-state index is 0.00343. The fourth-order valence-electron chi connectivity index (χ4n) is 3.84. The van der Waals surface area contributed by atoms with Gasteiger partial charge in [0.05, 0.1) is 22.8 Å². The van der Waals surface area contributed by atoms with E-state index in [4.69, 9.17) is 18.0 Å². The lowest BCUT2D eigenvalue weighted by molar-refractivity contribution is -0.116. The van der Waals surface area contributed by atoms with E-state index in [9.17, 15) is 4.79 Å². The van der Waals surface area contributed by atoms with Crippen LogP contribution in [0.1, 0.15) is 19.0 Å². The molecule has 4 rings (SSSR count). The first-order valence-corrected chi connectivity index (χ1v) is 10.4. The first-order valence-electron chi connectivity index (χ1n) is 9.99. The highest BCUT2D eigenvalue weighted by Crippen LogP contribution is 2.26. The van der Waals surface area contributed by atoms with Gasteiger partial charge < -0.3 is 20.4 Å². The largest absolute Gasteiger partial charge is 0.397 e. The molecule has 0 unspecified atom stereocenters. The molecular formula is C21H25N7OS. The molecule has 0 saturated carbocycles. The molecule has 1 aromatic heterocycles. The topological polar surface area (TPSA) is 90.1 Å². The summed E-state index contributed by atoms with van der Waals surface area (Å²) in [5.74, 6) is 0.00343.